The van der Waals surface area contributed by atoms with Gasteiger partial charge in [-0.1, -0.05) is 50.8 Å². The van der Waals surface area contributed by atoms with Crippen molar-refractivity contribution in [1.29, 1.82) is 0 Å². The largest absolute Gasteiger partial charge is 0.511 e. The topological polar surface area (TPSA) is 37.3 Å². The highest BCUT2D eigenvalue weighted by Gasteiger charge is 2.47. The molecule has 3 rings (SSSR count). The van der Waals surface area contributed by atoms with Gasteiger partial charge in [-0.3, -0.25) is 4.79 Å². The molecule has 1 fully saturated rings. The molecular weight excluding hydrogens is 284 g/mol. The Bertz CT molecular complexity index is 635. The molecule has 2 aliphatic rings. The molecule has 0 atom stereocenters. The third-order valence-corrected chi connectivity index (χ3v) is 5.79. The van der Waals surface area contributed by atoms with Crippen LogP contribution in [0.2, 0.25) is 0 Å². The van der Waals surface area contributed by atoms with Gasteiger partial charge in [-0.2, -0.15) is 0 Å². The first-order chi connectivity index (χ1) is 11.0. The zero-order valence-corrected chi connectivity index (χ0v) is 14.7. The molecule has 0 saturated heterocycles. The van der Waals surface area contributed by atoms with Crippen molar-refractivity contribution in [3.8, 4) is 0 Å². The smallest absolute Gasteiger partial charge is 0.167 e. The fraction of sp³-hybridized carbons (Fsp3) is 0.571. The lowest BCUT2D eigenvalue weighted by Gasteiger charge is -2.32. The van der Waals surface area contributed by atoms with Crippen molar-refractivity contribution < 1.29 is 9.90 Å². The van der Waals surface area contributed by atoms with Crippen LogP contribution in [0, 0.1) is 12.3 Å². The summed E-state index contributed by atoms with van der Waals surface area (Å²) in [6, 6.07) is 4.35. The highest BCUT2D eigenvalue weighted by Crippen LogP contribution is 2.52. The van der Waals surface area contributed by atoms with Crippen LogP contribution in [-0.4, -0.2) is 10.9 Å². The second-order valence-electron chi connectivity index (χ2n) is 7.33. The molecule has 1 spiro atoms. The number of hydrogen-bond acceptors (Lipinski definition) is 2. The van der Waals surface area contributed by atoms with Crippen molar-refractivity contribution in [3.05, 3.63) is 40.1 Å². The maximum Gasteiger partial charge on any atom is 0.167 e. The Morgan fingerprint density at radius 2 is 1.61 bits per heavy atom. The Morgan fingerprint density at radius 3 is 2.13 bits per heavy atom. The average molecular weight is 312 g/mol. The lowest BCUT2D eigenvalue weighted by molar-refractivity contribution is -0.114. The van der Waals surface area contributed by atoms with Gasteiger partial charge in [0.1, 0.15) is 5.76 Å². The van der Waals surface area contributed by atoms with Gasteiger partial charge in [-0.15, -0.1) is 0 Å². The van der Waals surface area contributed by atoms with Crippen LogP contribution in [0.1, 0.15) is 74.6 Å². The summed E-state index contributed by atoms with van der Waals surface area (Å²) in [5, 5.41) is 11.1. The maximum atomic E-state index is 12.9. The molecule has 1 aromatic carbocycles. The van der Waals surface area contributed by atoms with Crippen molar-refractivity contribution >= 4 is 11.4 Å². The van der Waals surface area contributed by atoms with E-state index in [2.05, 4.69) is 32.9 Å². The van der Waals surface area contributed by atoms with Crippen LogP contribution in [-0.2, 0) is 17.6 Å². The fourth-order valence-electron chi connectivity index (χ4n) is 4.60. The van der Waals surface area contributed by atoms with Crippen LogP contribution in [0.5, 0.6) is 0 Å². The number of benzene rings is 1. The summed E-state index contributed by atoms with van der Waals surface area (Å²) < 4.78 is 0. The number of aryl methyl sites for hydroxylation is 3. The van der Waals surface area contributed by atoms with E-state index in [0.717, 1.165) is 44.1 Å². The molecule has 0 bridgehead atoms. The molecule has 0 radical (unpaired) electrons. The van der Waals surface area contributed by atoms with E-state index < -0.39 is 0 Å². The molecule has 1 aromatic rings. The van der Waals surface area contributed by atoms with Gasteiger partial charge >= 0.3 is 0 Å². The minimum absolute atomic E-state index is 0.151. The van der Waals surface area contributed by atoms with Gasteiger partial charge in [0.25, 0.3) is 0 Å². The van der Waals surface area contributed by atoms with Crippen LogP contribution < -0.4 is 0 Å². The monoisotopic (exact) mass is 312 g/mol. The molecule has 2 heteroatoms. The molecule has 2 aliphatic carbocycles. The predicted molar refractivity (Wildman–Crippen MR) is 94.6 cm³/mol. The normalized spacial score (nSPS) is 20.6. The van der Waals surface area contributed by atoms with Crippen molar-refractivity contribution in [3.63, 3.8) is 0 Å². The van der Waals surface area contributed by atoms with Crippen LogP contribution in [0.3, 0.4) is 0 Å². The molecule has 0 unspecified atom stereocenters. The number of rotatable bonds is 3. The Kier molecular flexibility index (Phi) is 4.35. The molecule has 23 heavy (non-hydrogen) atoms. The number of carbonyl (C=O) groups is 1. The molecule has 2 nitrogen and oxygen atoms in total. The lowest BCUT2D eigenvalue weighted by Crippen LogP contribution is -2.24. The molecule has 1 saturated carbocycles. The zero-order chi connectivity index (χ0) is 16.6. The van der Waals surface area contributed by atoms with Crippen molar-refractivity contribution in [2.24, 2.45) is 5.41 Å². The molecular formula is C21H28O2. The second-order valence-corrected chi connectivity index (χ2v) is 7.33. The molecule has 0 amide bonds. The van der Waals surface area contributed by atoms with E-state index in [4.69, 9.17) is 0 Å². The first-order valence-electron chi connectivity index (χ1n) is 9.12. The Balaban J connectivity index is 2.19. The van der Waals surface area contributed by atoms with Gasteiger partial charge in [0.2, 0.25) is 0 Å². The van der Waals surface area contributed by atoms with Crippen LogP contribution in [0.25, 0.3) is 5.57 Å². The fourth-order valence-corrected chi connectivity index (χ4v) is 4.60. The Hall–Kier alpha value is -1.57. The van der Waals surface area contributed by atoms with E-state index in [0.29, 0.717) is 17.8 Å². The summed E-state index contributed by atoms with van der Waals surface area (Å²) >= 11 is 0. The number of ketones is 1. The van der Waals surface area contributed by atoms with Gasteiger partial charge in [0, 0.05) is 11.8 Å². The van der Waals surface area contributed by atoms with Crippen LogP contribution in [0.15, 0.2) is 17.9 Å². The van der Waals surface area contributed by atoms with Gasteiger partial charge in [0.05, 0.1) is 5.57 Å². The van der Waals surface area contributed by atoms with E-state index in [9.17, 15) is 9.90 Å². The minimum atomic E-state index is -0.258. The molecule has 0 aliphatic heterocycles. The highest BCUT2D eigenvalue weighted by atomic mass is 16.3. The standard InChI is InChI=1S/C21H28O2/c1-4-15-11-14(3)12-16(5-2)18(15)19-17(22)13-21(20(19)23)9-7-6-8-10-21/h11-12,23H,4-10,13H2,1-3H3. The number of aliphatic hydroxyl groups excluding tert-OH is 1. The summed E-state index contributed by atoms with van der Waals surface area (Å²) in [6.45, 7) is 6.37. The second kappa shape index (κ2) is 6.14. The number of aliphatic hydroxyl groups is 1. The van der Waals surface area contributed by atoms with Gasteiger partial charge in [0.15, 0.2) is 5.78 Å². The molecule has 124 valence electrons. The van der Waals surface area contributed by atoms with Gasteiger partial charge in [-0.25, -0.2) is 0 Å². The third kappa shape index (κ3) is 2.62. The zero-order valence-electron chi connectivity index (χ0n) is 14.7. The molecule has 1 N–H and O–H groups in total. The van der Waals surface area contributed by atoms with E-state index in [1.54, 1.807) is 0 Å². The summed E-state index contributed by atoms with van der Waals surface area (Å²) in [5.41, 5.74) is 5.05. The predicted octanol–water partition coefficient (Wildman–Crippen LogP) is 5.31. The molecule has 0 heterocycles. The van der Waals surface area contributed by atoms with Crippen LogP contribution >= 0.6 is 0 Å². The number of Topliss-reactive ketones (excluding diaryl/α,β-unsaturated/α-hetero) is 1. The third-order valence-electron chi connectivity index (χ3n) is 5.79. The van der Waals surface area contributed by atoms with E-state index in [1.807, 2.05) is 0 Å². The van der Waals surface area contributed by atoms with E-state index >= 15 is 0 Å². The number of hydrogen-bond donors (Lipinski definition) is 1. The number of carbonyl (C=O) groups excluding carboxylic acids is 1. The summed E-state index contributed by atoms with van der Waals surface area (Å²) in [5.74, 6) is 0.549. The van der Waals surface area contributed by atoms with E-state index in [1.165, 1.54) is 23.1 Å². The molecule has 0 aromatic heterocycles. The quantitative estimate of drug-likeness (QED) is 0.821. The average Bonchev–Trinajstić information content (AvgIpc) is 2.78. The van der Waals surface area contributed by atoms with Crippen molar-refractivity contribution in [2.75, 3.05) is 0 Å². The number of allylic oxidation sites excluding steroid dienone is 2. The maximum absolute atomic E-state index is 12.9. The minimum Gasteiger partial charge on any atom is -0.511 e. The Labute approximate surface area is 139 Å². The summed E-state index contributed by atoms with van der Waals surface area (Å²) in [7, 11) is 0. The first kappa shape index (κ1) is 16.3. The van der Waals surface area contributed by atoms with E-state index in [-0.39, 0.29) is 11.2 Å². The van der Waals surface area contributed by atoms with Crippen molar-refractivity contribution in [2.45, 2.75) is 72.1 Å². The summed E-state index contributed by atoms with van der Waals surface area (Å²) in [6.07, 6.45) is 7.69. The van der Waals surface area contributed by atoms with Crippen LogP contribution in [0.4, 0.5) is 0 Å². The lowest BCUT2D eigenvalue weighted by atomic mass is 9.72. The van der Waals surface area contributed by atoms with Gasteiger partial charge < -0.3 is 5.11 Å². The summed E-state index contributed by atoms with van der Waals surface area (Å²) in [4.78, 5) is 12.9. The van der Waals surface area contributed by atoms with Gasteiger partial charge in [-0.05, 0) is 49.3 Å². The Morgan fingerprint density at radius 1 is 1.04 bits per heavy atom. The highest BCUT2D eigenvalue weighted by molar-refractivity contribution is 6.24. The SMILES string of the molecule is CCc1cc(C)cc(CC)c1C1=C(O)C2(CCCCC2)CC1=O. The first-order valence-corrected chi connectivity index (χ1v) is 9.12. The van der Waals surface area contributed by atoms with Crippen molar-refractivity contribution in [1.82, 2.24) is 0 Å².